The predicted octanol–water partition coefficient (Wildman–Crippen LogP) is 3.00. The van der Waals surface area contributed by atoms with E-state index < -0.39 is 0 Å². The fraction of sp³-hybridized carbons (Fsp3) is 0.588. The Labute approximate surface area is 128 Å². The number of carbonyl (C=O) groups excluding carboxylic acids is 1. The molecule has 0 aliphatic rings. The van der Waals surface area contributed by atoms with Gasteiger partial charge in [0.1, 0.15) is 5.75 Å². The molecule has 1 aromatic rings. The highest BCUT2D eigenvalue weighted by Gasteiger charge is 2.12. The summed E-state index contributed by atoms with van der Waals surface area (Å²) in [7, 11) is 0. The van der Waals surface area contributed by atoms with Crippen LogP contribution < -0.4 is 15.8 Å². The summed E-state index contributed by atoms with van der Waals surface area (Å²) in [6.45, 7) is 4.76. The lowest BCUT2D eigenvalue weighted by atomic mass is 10.1. The van der Waals surface area contributed by atoms with Gasteiger partial charge in [-0.2, -0.15) is 0 Å². The molecule has 118 valence electrons. The molecule has 0 saturated carbocycles. The predicted molar refractivity (Wildman–Crippen MR) is 86.2 cm³/mol. The molecule has 0 saturated heterocycles. The van der Waals surface area contributed by atoms with Crippen molar-refractivity contribution in [2.45, 2.75) is 58.5 Å². The molecule has 0 radical (unpaired) electrons. The molecule has 1 unspecified atom stereocenters. The number of para-hydroxylation sites is 1. The lowest BCUT2D eigenvalue weighted by Gasteiger charge is -2.18. The zero-order chi connectivity index (χ0) is 15.5. The highest BCUT2D eigenvalue weighted by Crippen LogP contribution is 2.16. The Bertz CT molecular complexity index is 421. The molecule has 21 heavy (non-hydrogen) atoms. The molecule has 4 nitrogen and oxygen atoms in total. The molecule has 0 aromatic heterocycles. The Morgan fingerprint density at radius 3 is 2.67 bits per heavy atom. The molecule has 4 heteroatoms. The second kappa shape index (κ2) is 10.2. The number of amides is 1. The minimum absolute atomic E-state index is 0.0450. The second-order valence-electron chi connectivity index (χ2n) is 5.30. The van der Waals surface area contributed by atoms with Crippen molar-refractivity contribution in [3.63, 3.8) is 0 Å². The van der Waals surface area contributed by atoms with Crippen molar-refractivity contribution in [3.05, 3.63) is 29.8 Å². The number of rotatable bonds is 10. The Hall–Kier alpha value is -1.55. The topological polar surface area (TPSA) is 64.3 Å². The van der Waals surface area contributed by atoms with Crippen molar-refractivity contribution >= 4 is 5.91 Å². The Kier molecular flexibility index (Phi) is 8.51. The quantitative estimate of drug-likeness (QED) is 0.697. The van der Waals surface area contributed by atoms with E-state index in [1.807, 2.05) is 24.3 Å². The molecule has 0 bridgehead atoms. The van der Waals surface area contributed by atoms with Crippen LogP contribution in [-0.2, 0) is 11.3 Å². The summed E-state index contributed by atoms with van der Waals surface area (Å²) < 4.78 is 5.58. The first-order valence-electron chi connectivity index (χ1n) is 7.91. The monoisotopic (exact) mass is 292 g/mol. The maximum Gasteiger partial charge on any atom is 0.258 e. The minimum atomic E-state index is -0.0589. The number of hydrogen-bond acceptors (Lipinski definition) is 3. The third kappa shape index (κ3) is 6.63. The van der Waals surface area contributed by atoms with Crippen LogP contribution >= 0.6 is 0 Å². The summed E-state index contributed by atoms with van der Waals surface area (Å²) in [6, 6.07) is 7.81. The van der Waals surface area contributed by atoms with Crippen molar-refractivity contribution in [2.24, 2.45) is 5.73 Å². The molecule has 0 fully saturated rings. The molecular weight excluding hydrogens is 264 g/mol. The van der Waals surface area contributed by atoms with Crippen LogP contribution in [-0.4, -0.2) is 18.6 Å². The smallest absolute Gasteiger partial charge is 0.258 e. The molecular formula is C17H28N2O2. The number of carbonyl (C=O) groups is 1. The van der Waals surface area contributed by atoms with Crippen LogP contribution in [0.5, 0.6) is 5.75 Å². The van der Waals surface area contributed by atoms with Crippen LogP contribution in [0.2, 0.25) is 0 Å². The summed E-state index contributed by atoms with van der Waals surface area (Å²) in [5, 5.41) is 3.07. The van der Waals surface area contributed by atoms with E-state index in [0.717, 1.165) is 37.7 Å². The largest absolute Gasteiger partial charge is 0.483 e. The van der Waals surface area contributed by atoms with Crippen LogP contribution in [0.3, 0.4) is 0 Å². The summed E-state index contributed by atoms with van der Waals surface area (Å²) in [6.07, 6.45) is 5.42. The average Bonchev–Trinajstić information content (AvgIpc) is 2.51. The average molecular weight is 292 g/mol. The first-order valence-corrected chi connectivity index (χ1v) is 7.91. The summed E-state index contributed by atoms with van der Waals surface area (Å²) >= 11 is 0. The van der Waals surface area contributed by atoms with Crippen LogP contribution in [0.4, 0.5) is 0 Å². The molecule has 0 aliphatic heterocycles. The van der Waals surface area contributed by atoms with E-state index in [9.17, 15) is 4.79 Å². The van der Waals surface area contributed by atoms with E-state index in [0.29, 0.717) is 12.3 Å². The third-order valence-corrected chi connectivity index (χ3v) is 3.46. The van der Waals surface area contributed by atoms with Gasteiger partial charge in [-0.1, -0.05) is 51.3 Å². The third-order valence-electron chi connectivity index (χ3n) is 3.46. The number of benzene rings is 1. The zero-order valence-corrected chi connectivity index (χ0v) is 13.2. The Balaban J connectivity index is 2.44. The van der Waals surface area contributed by atoms with Gasteiger partial charge >= 0.3 is 0 Å². The fourth-order valence-electron chi connectivity index (χ4n) is 2.31. The van der Waals surface area contributed by atoms with Gasteiger partial charge in [-0.05, 0) is 18.9 Å². The standard InChI is InChI=1S/C17H28N2O2/c1-3-5-10-15(8-4-2)19-17(20)13-21-16-11-7-6-9-14(16)12-18/h6-7,9,11,15H,3-5,8,10,12-13,18H2,1-2H3,(H,19,20). The lowest BCUT2D eigenvalue weighted by Crippen LogP contribution is -2.38. The SMILES string of the molecule is CCCCC(CCC)NC(=O)COc1ccccc1CN. The highest BCUT2D eigenvalue weighted by atomic mass is 16.5. The van der Waals surface area contributed by atoms with Gasteiger partial charge in [0.2, 0.25) is 0 Å². The minimum Gasteiger partial charge on any atom is -0.483 e. The maximum absolute atomic E-state index is 12.0. The van der Waals surface area contributed by atoms with E-state index >= 15 is 0 Å². The van der Waals surface area contributed by atoms with E-state index in [2.05, 4.69) is 19.2 Å². The van der Waals surface area contributed by atoms with Gasteiger partial charge in [0.15, 0.2) is 6.61 Å². The summed E-state index contributed by atoms with van der Waals surface area (Å²) in [5.74, 6) is 0.632. The maximum atomic E-state index is 12.0. The van der Waals surface area contributed by atoms with Gasteiger partial charge < -0.3 is 15.8 Å². The number of nitrogens with one attached hydrogen (secondary N) is 1. The lowest BCUT2D eigenvalue weighted by molar-refractivity contribution is -0.123. The van der Waals surface area contributed by atoms with Crippen LogP contribution in [0.25, 0.3) is 0 Å². The number of hydrogen-bond donors (Lipinski definition) is 2. The van der Waals surface area contributed by atoms with Gasteiger partial charge in [0.25, 0.3) is 5.91 Å². The first kappa shape index (κ1) is 17.5. The highest BCUT2D eigenvalue weighted by molar-refractivity contribution is 5.77. The van der Waals surface area contributed by atoms with E-state index in [-0.39, 0.29) is 18.6 Å². The Morgan fingerprint density at radius 1 is 1.24 bits per heavy atom. The summed E-state index contributed by atoms with van der Waals surface area (Å²) in [4.78, 5) is 12.0. The number of ether oxygens (including phenoxy) is 1. The normalized spacial score (nSPS) is 12.0. The van der Waals surface area contributed by atoms with Crippen molar-refractivity contribution in [3.8, 4) is 5.75 Å². The molecule has 1 atom stereocenters. The summed E-state index contributed by atoms with van der Waals surface area (Å²) in [5.41, 5.74) is 6.57. The van der Waals surface area contributed by atoms with E-state index in [1.54, 1.807) is 0 Å². The Morgan fingerprint density at radius 2 is 2.00 bits per heavy atom. The van der Waals surface area contributed by atoms with Gasteiger partial charge in [0.05, 0.1) is 0 Å². The molecule has 0 heterocycles. The second-order valence-corrected chi connectivity index (χ2v) is 5.30. The molecule has 1 rings (SSSR count). The molecule has 1 amide bonds. The van der Waals surface area contributed by atoms with Crippen LogP contribution in [0.1, 0.15) is 51.5 Å². The van der Waals surface area contributed by atoms with Crippen LogP contribution in [0.15, 0.2) is 24.3 Å². The number of nitrogens with two attached hydrogens (primary N) is 1. The van der Waals surface area contributed by atoms with Crippen LogP contribution in [0, 0.1) is 0 Å². The van der Waals surface area contributed by atoms with E-state index in [1.165, 1.54) is 0 Å². The van der Waals surface area contributed by atoms with E-state index in [4.69, 9.17) is 10.5 Å². The van der Waals surface area contributed by atoms with Crippen molar-refractivity contribution < 1.29 is 9.53 Å². The van der Waals surface area contributed by atoms with Gasteiger partial charge in [-0.15, -0.1) is 0 Å². The van der Waals surface area contributed by atoms with Gasteiger partial charge in [-0.3, -0.25) is 4.79 Å². The molecule has 1 aromatic carbocycles. The zero-order valence-electron chi connectivity index (χ0n) is 13.2. The molecule has 0 spiro atoms. The number of unbranched alkanes of at least 4 members (excludes halogenated alkanes) is 1. The van der Waals surface area contributed by atoms with Crippen molar-refractivity contribution in [2.75, 3.05) is 6.61 Å². The van der Waals surface area contributed by atoms with Gasteiger partial charge in [0, 0.05) is 18.2 Å². The fourth-order valence-corrected chi connectivity index (χ4v) is 2.31. The van der Waals surface area contributed by atoms with Gasteiger partial charge in [-0.25, -0.2) is 0 Å². The first-order chi connectivity index (χ1) is 10.2. The van der Waals surface area contributed by atoms with Crippen molar-refractivity contribution in [1.82, 2.24) is 5.32 Å². The molecule has 3 N–H and O–H groups in total. The van der Waals surface area contributed by atoms with Crippen molar-refractivity contribution in [1.29, 1.82) is 0 Å². The molecule has 0 aliphatic carbocycles.